The Bertz CT molecular complexity index is 743. The normalized spacial score (nSPS) is 13.7. The van der Waals surface area contributed by atoms with Crippen LogP contribution in [-0.2, 0) is 12.8 Å². The Morgan fingerprint density at radius 1 is 0.700 bits per heavy atom. The van der Waals surface area contributed by atoms with Gasteiger partial charge in [0.1, 0.15) is 0 Å². The van der Waals surface area contributed by atoms with Gasteiger partial charge in [-0.25, -0.2) is 0 Å². The van der Waals surface area contributed by atoms with Gasteiger partial charge in [0.15, 0.2) is 0 Å². The zero-order chi connectivity index (χ0) is 13.9. The molecule has 102 valence electrons. The van der Waals surface area contributed by atoms with Gasteiger partial charge in [0.05, 0.1) is 0 Å². The number of fused-ring (bicyclic) bond motifs is 5. The molecular formula is C19H20O. The van der Waals surface area contributed by atoms with Crippen molar-refractivity contribution in [2.75, 3.05) is 7.11 Å². The Labute approximate surface area is 119 Å². The van der Waals surface area contributed by atoms with Gasteiger partial charge in [-0.15, -0.1) is 0 Å². The Morgan fingerprint density at radius 3 is 2.35 bits per heavy atom. The fourth-order valence-electron chi connectivity index (χ4n) is 3.34. The molecule has 0 heterocycles. The summed E-state index contributed by atoms with van der Waals surface area (Å²) in [5.74, 6) is 0. The second-order valence-electron chi connectivity index (χ2n) is 5.29. The monoisotopic (exact) mass is 264 g/mol. The molecule has 0 atom stereocenters. The summed E-state index contributed by atoms with van der Waals surface area (Å²) in [6.45, 7) is 0. The molecule has 1 nitrogen and oxygen atoms in total. The predicted molar refractivity (Wildman–Crippen MR) is 86.2 cm³/mol. The third kappa shape index (κ3) is 2.08. The second kappa shape index (κ2) is 5.64. The molecule has 0 saturated carbocycles. The average Bonchev–Trinajstić information content (AvgIpc) is 2.56. The van der Waals surface area contributed by atoms with Crippen molar-refractivity contribution in [3.8, 4) is 0 Å². The Balaban J connectivity index is 0.000000581. The molecule has 1 heteroatoms. The fraction of sp³-hybridized carbons (Fsp3) is 0.263. The van der Waals surface area contributed by atoms with Gasteiger partial charge in [-0.2, -0.15) is 0 Å². The van der Waals surface area contributed by atoms with Gasteiger partial charge >= 0.3 is 0 Å². The second-order valence-corrected chi connectivity index (χ2v) is 5.29. The lowest BCUT2D eigenvalue weighted by molar-refractivity contribution is 0.399. The summed E-state index contributed by atoms with van der Waals surface area (Å²) in [4.78, 5) is 0. The summed E-state index contributed by atoms with van der Waals surface area (Å²) < 4.78 is 0. The Morgan fingerprint density at radius 2 is 1.45 bits per heavy atom. The van der Waals surface area contributed by atoms with Gasteiger partial charge in [0.25, 0.3) is 0 Å². The van der Waals surface area contributed by atoms with Gasteiger partial charge in [0.2, 0.25) is 0 Å². The third-order valence-electron chi connectivity index (χ3n) is 4.26. The van der Waals surface area contributed by atoms with E-state index in [4.69, 9.17) is 5.11 Å². The van der Waals surface area contributed by atoms with Crippen LogP contribution in [0.4, 0.5) is 0 Å². The number of aliphatic hydroxyl groups is 1. The maximum Gasteiger partial charge on any atom is 0.0319 e. The minimum atomic E-state index is 1.00. The van der Waals surface area contributed by atoms with Crippen molar-refractivity contribution in [3.05, 3.63) is 59.7 Å². The molecule has 0 spiro atoms. The summed E-state index contributed by atoms with van der Waals surface area (Å²) >= 11 is 0. The highest BCUT2D eigenvalue weighted by atomic mass is 16.2. The molecule has 1 N–H and O–H groups in total. The zero-order valence-electron chi connectivity index (χ0n) is 11.9. The molecule has 0 saturated heterocycles. The van der Waals surface area contributed by atoms with Crippen molar-refractivity contribution >= 4 is 21.5 Å². The van der Waals surface area contributed by atoms with Crippen molar-refractivity contribution in [1.29, 1.82) is 0 Å². The van der Waals surface area contributed by atoms with Crippen LogP contribution in [0.25, 0.3) is 21.5 Å². The molecule has 0 fully saturated rings. The largest absolute Gasteiger partial charge is 0.400 e. The van der Waals surface area contributed by atoms with Crippen molar-refractivity contribution in [2.45, 2.75) is 25.7 Å². The minimum Gasteiger partial charge on any atom is -0.400 e. The lowest BCUT2D eigenvalue weighted by Crippen LogP contribution is -2.02. The van der Waals surface area contributed by atoms with Crippen molar-refractivity contribution in [3.63, 3.8) is 0 Å². The molecule has 1 aliphatic carbocycles. The minimum absolute atomic E-state index is 1.00. The zero-order valence-corrected chi connectivity index (χ0v) is 11.9. The van der Waals surface area contributed by atoms with Crippen molar-refractivity contribution in [1.82, 2.24) is 0 Å². The smallest absolute Gasteiger partial charge is 0.0319 e. The van der Waals surface area contributed by atoms with Crippen LogP contribution in [0.5, 0.6) is 0 Å². The lowest BCUT2D eigenvalue weighted by atomic mass is 9.86. The SMILES string of the molecule is CO.c1ccc2c(c1)ccc1c3c(ccc12)CCCC3. The van der Waals surface area contributed by atoms with Gasteiger partial charge in [-0.05, 0) is 58.4 Å². The topological polar surface area (TPSA) is 20.2 Å². The van der Waals surface area contributed by atoms with E-state index in [-0.39, 0.29) is 0 Å². The predicted octanol–water partition coefficient (Wildman–Crippen LogP) is 4.48. The molecule has 3 aromatic rings. The maximum atomic E-state index is 7.00. The van der Waals surface area contributed by atoms with Crippen LogP contribution in [0.2, 0.25) is 0 Å². The molecule has 0 aliphatic heterocycles. The van der Waals surface area contributed by atoms with Crippen LogP contribution < -0.4 is 0 Å². The van der Waals surface area contributed by atoms with Crippen LogP contribution in [0.3, 0.4) is 0 Å². The molecule has 20 heavy (non-hydrogen) atoms. The number of aliphatic hydroxyl groups excluding tert-OH is 1. The summed E-state index contributed by atoms with van der Waals surface area (Å²) in [6, 6.07) is 18.0. The van der Waals surface area contributed by atoms with Gasteiger partial charge in [-0.1, -0.05) is 48.5 Å². The highest BCUT2D eigenvalue weighted by Gasteiger charge is 2.12. The molecule has 0 amide bonds. The maximum absolute atomic E-state index is 7.00. The third-order valence-corrected chi connectivity index (χ3v) is 4.26. The van der Waals surface area contributed by atoms with Gasteiger partial charge < -0.3 is 5.11 Å². The first-order valence-electron chi connectivity index (χ1n) is 7.30. The van der Waals surface area contributed by atoms with Crippen LogP contribution in [-0.4, -0.2) is 12.2 Å². The summed E-state index contributed by atoms with van der Waals surface area (Å²) in [5, 5.41) is 12.6. The first-order chi connectivity index (χ1) is 9.93. The summed E-state index contributed by atoms with van der Waals surface area (Å²) in [5.41, 5.74) is 3.17. The molecule has 1 aliphatic rings. The molecule has 0 radical (unpaired) electrons. The summed E-state index contributed by atoms with van der Waals surface area (Å²) in [6.07, 6.45) is 5.22. The van der Waals surface area contributed by atoms with E-state index in [2.05, 4.69) is 48.5 Å². The van der Waals surface area contributed by atoms with Crippen LogP contribution in [0, 0.1) is 0 Å². The average molecular weight is 264 g/mol. The molecule has 0 bridgehead atoms. The number of hydrogen-bond acceptors (Lipinski definition) is 1. The highest BCUT2D eigenvalue weighted by Crippen LogP contribution is 2.32. The first kappa shape index (κ1) is 13.1. The lowest BCUT2D eigenvalue weighted by Gasteiger charge is -2.18. The highest BCUT2D eigenvalue weighted by molar-refractivity contribution is 6.08. The molecule has 0 aromatic heterocycles. The van der Waals surface area contributed by atoms with E-state index in [0.717, 1.165) is 7.11 Å². The van der Waals surface area contributed by atoms with E-state index >= 15 is 0 Å². The summed E-state index contributed by atoms with van der Waals surface area (Å²) in [7, 11) is 1.00. The number of aryl methyl sites for hydroxylation is 2. The fourth-order valence-corrected chi connectivity index (χ4v) is 3.34. The van der Waals surface area contributed by atoms with E-state index in [1.54, 1.807) is 11.1 Å². The number of hydrogen-bond donors (Lipinski definition) is 1. The van der Waals surface area contributed by atoms with E-state index in [9.17, 15) is 0 Å². The number of benzene rings is 3. The molecule has 3 aromatic carbocycles. The van der Waals surface area contributed by atoms with E-state index in [0.29, 0.717) is 0 Å². The van der Waals surface area contributed by atoms with Crippen molar-refractivity contribution < 1.29 is 5.11 Å². The van der Waals surface area contributed by atoms with E-state index < -0.39 is 0 Å². The van der Waals surface area contributed by atoms with E-state index in [1.807, 2.05) is 0 Å². The van der Waals surface area contributed by atoms with Crippen LogP contribution in [0.15, 0.2) is 48.5 Å². The number of rotatable bonds is 0. The first-order valence-corrected chi connectivity index (χ1v) is 7.30. The van der Waals surface area contributed by atoms with Gasteiger partial charge in [0, 0.05) is 7.11 Å². The Kier molecular flexibility index (Phi) is 3.70. The standard InChI is InChI=1S/C18H16.CH4O/c1-3-7-15-13(5-1)9-11-18-16-8-4-2-6-14(16)10-12-17(15)18;1-2/h1,3,5,7,9-12H,2,4,6,8H2;2H,1H3. The van der Waals surface area contributed by atoms with Crippen molar-refractivity contribution in [2.24, 2.45) is 0 Å². The van der Waals surface area contributed by atoms with Crippen LogP contribution >= 0.6 is 0 Å². The van der Waals surface area contributed by atoms with E-state index in [1.165, 1.54) is 47.2 Å². The van der Waals surface area contributed by atoms with Gasteiger partial charge in [-0.3, -0.25) is 0 Å². The van der Waals surface area contributed by atoms with Crippen LogP contribution in [0.1, 0.15) is 24.0 Å². The molecule has 4 rings (SSSR count). The Hall–Kier alpha value is -1.86. The molecule has 0 unspecified atom stereocenters. The quantitative estimate of drug-likeness (QED) is 0.593. The molecular weight excluding hydrogens is 244 g/mol.